The van der Waals surface area contributed by atoms with Crippen LogP contribution in [0.25, 0.3) is 0 Å². The summed E-state index contributed by atoms with van der Waals surface area (Å²) < 4.78 is 39.9. The van der Waals surface area contributed by atoms with Gasteiger partial charge in [-0.3, -0.25) is 0 Å². The first kappa shape index (κ1) is 14.1. The highest BCUT2D eigenvalue weighted by molar-refractivity contribution is 7.89. The van der Waals surface area contributed by atoms with Crippen molar-refractivity contribution in [3.8, 4) is 0 Å². The van der Waals surface area contributed by atoms with Crippen molar-refractivity contribution in [3.63, 3.8) is 0 Å². The van der Waals surface area contributed by atoms with Crippen LogP contribution >= 0.6 is 11.3 Å². The molecule has 0 amide bonds. The van der Waals surface area contributed by atoms with E-state index in [4.69, 9.17) is 5.73 Å². The van der Waals surface area contributed by atoms with E-state index in [-0.39, 0.29) is 18.0 Å². The zero-order valence-corrected chi connectivity index (χ0v) is 11.6. The number of halogens is 1. The average molecular weight is 300 g/mol. The van der Waals surface area contributed by atoms with Crippen molar-refractivity contribution in [3.05, 3.63) is 52.0 Å². The molecule has 1 aromatic heterocycles. The van der Waals surface area contributed by atoms with Crippen molar-refractivity contribution < 1.29 is 12.8 Å². The molecule has 4 nitrogen and oxygen atoms in total. The number of nitrogens with two attached hydrogens (primary N) is 1. The summed E-state index contributed by atoms with van der Waals surface area (Å²) in [5, 5.41) is 1.67. The van der Waals surface area contributed by atoms with Crippen molar-refractivity contribution >= 4 is 21.4 Å². The molecule has 0 bridgehead atoms. The number of sulfonamides is 1. The van der Waals surface area contributed by atoms with Crippen LogP contribution in [0.5, 0.6) is 0 Å². The molecule has 0 fully saturated rings. The van der Waals surface area contributed by atoms with Gasteiger partial charge in [-0.15, -0.1) is 11.3 Å². The van der Waals surface area contributed by atoms with E-state index in [9.17, 15) is 12.8 Å². The van der Waals surface area contributed by atoms with Gasteiger partial charge in [-0.05, 0) is 17.5 Å². The molecule has 0 saturated heterocycles. The molecule has 0 aliphatic heterocycles. The highest BCUT2D eigenvalue weighted by atomic mass is 32.2. The summed E-state index contributed by atoms with van der Waals surface area (Å²) in [6.07, 6.45) is 0. The first-order chi connectivity index (χ1) is 9.04. The first-order valence-electron chi connectivity index (χ1n) is 5.54. The molecule has 0 radical (unpaired) electrons. The second kappa shape index (κ2) is 5.79. The summed E-state index contributed by atoms with van der Waals surface area (Å²) in [6, 6.07) is 7.53. The van der Waals surface area contributed by atoms with Crippen LogP contribution < -0.4 is 10.5 Å². The molecule has 19 heavy (non-hydrogen) atoms. The fraction of sp³-hybridized carbons (Fsp3) is 0.167. The Bertz CT molecular complexity index is 668. The molecular formula is C12H13FN2O2S2. The lowest BCUT2D eigenvalue weighted by Gasteiger charge is -2.07. The van der Waals surface area contributed by atoms with Crippen LogP contribution in [0.1, 0.15) is 10.4 Å². The van der Waals surface area contributed by atoms with E-state index in [1.54, 1.807) is 17.5 Å². The lowest BCUT2D eigenvalue weighted by molar-refractivity contribution is 0.574. The molecule has 2 aromatic rings. The van der Waals surface area contributed by atoms with Gasteiger partial charge in [0.2, 0.25) is 10.0 Å². The largest absolute Gasteiger partial charge is 0.326 e. The van der Waals surface area contributed by atoms with E-state index in [0.29, 0.717) is 10.4 Å². The van der Waals surface area contributed by atoms with Gasteiger partial charge in [0, 0.05) is 23.5 Å². The highest BCUT2D eigenvalue weighted by Gasteiger charge is 2.19. The lowest BCUT2D eigenvalue weighted by Crippen LogP contribution is -2.24. The molecule has 3 N–H and O–H groups in total. The van der Waals surface area contributed by atoms with E-state index in [0.717, 1.165) is 0 Å². The van der Waals surface area contributed by atoms with E-state index < -0.39 is 15.8 Å². The van der Waals surface area contributed by atoms with Gasteiger partial charge in [-0.25, -0.2) is 17.5 Å². The smallest absolute Gasteiger partial charge is 0.242 e. The maximum atomic E-state index is 13.4. The number of rotatable bonds is 5. The molecule has 0 atom stereocenters. The summed E-state index contributed by atoms with van der Waals surface area (Å²) in [5.74, 6) is -0.436. The number of hydrogen-bond acceptors (Lipinski definition) is 4. The molecule has 102 valence electrons. The summed E-state index contributed by atoms with van der Waals surface area (Å²) in [5.41, 5.74) is 5.78. The zero-order chi connectivity index (χ0) is 13.9. The van der Waals surface area contributed by atoms with Crippen molar-refractivity contribution in [1.29, 1.82) is 0 Å². The Labute approximate surface area is 115 Å². The van der Waals surface area contributed by atoms with Gasteiger partial charge >= 0.3 is 0 Å². The molecule has 1 aromatic carbocycles. The fourth-order valence-corrected chi connectivity index (χ4v) is 3.95. The SMILES string of the molecule is NCc1sccc1S(=O)(=O)NCc1ccccc1F. The Morgan fingerprint density at radius 3 is 2.68 bits per heavy atom. The van der Waals surface area contributed by atoms with E-state index in [1.165, 1.54) is 29.5 Å². The Morgan fingerprint density at radius 2 is 2.00 bits per heavy atom. The van der Waals surface area contributed by atoms with Crippen molar-refractivity contribution in [2.24, 2.45) is 5.73 Å². The van der Waals surface area contributed by atoms with Gasteiger partial charge in [0.05, 0.1) is 4.90 Å². The van der Waals surface area contributed by atoms with Crippen LogP contribution in [0.2, 0.25) is 0 Å². The molecule has 0 aliphatic rings. The van der Waals surface area contributed by atoms with E-state index in [1.807, 2.05) is 0 Å². The monoisotopic (exact) mass is 300 g/mol. The van der Waals surface area contributed by atoms with Crippen LogP contribution in [0, 0.1) is 5.82 Å². The van der Waals surface area contributed by atoms with Gasteiger partial charge in [-0.1, -0.05) is 18.2 Å². The number of benzene rings is 1. The third-order valence-corrected chi connectivity index (χ3v) is 5.15. The Balaban J connectivity index is 2.17. The predicted molar refractivity (Wildman–Crippen MR) is 72.6 cm³/mol. The second-order valence-corrected chi connectivity index (χ2v) is 6.56. The number of nitrogens with one attached hydrogen (secondary N) is 1. The van der Waals surface area contributed by atoms with Gasteiger partial charge in [0.15, 0.2) is 0 Å². The van der Waals surface area contributed by atoms with E-state index in [2.05, 4.69) is 4.72 Å². The molecule has 0 spiro atoms. The minimum atomic E-state index is -3.66. The minimum absolute atomic E-state index is 0.0884. The van der Waals surface area contributed by atoms with Crippen LogP contribution in [0.15, 0.2) is 40.6 Å². The predicted octanol–water partition coefficient (Wildman–Crippen LogP) is 1.82. The van der Waals surface area contributed by atoms with Gasteiger partial charge in [-0.2, -0.15) is 0 Å². The average Bonchev–Trinajstić information content (AvgIpc) is 2.87. The number of hydrogen-bond donors (Lipinski definition) is 2. The molecular weight excluding hydrogens is 287 g/mol. The highest BCUT2D eigenvalue weighted by Crippen LogP contribution is 2.21. The Morgan fingerprint density at radius 1 is 1.26 bits per heavy atom. The topological polar surface area (TPSA) is 72.2 Å². The first-order valence-corrected chi connectivity index (χ1v) is 7.90. The van der Waals surface area contributed by atoms with Gasteiger partial charge in [0.1, 0.15) is 5.82 Å². The fourth-order valence-electron chi connectivity index (χ4n) is 1.61. The van der Waals surface area contributed by atoms with Crippen molar-refractivity contribution in [2.75, 3.05) is 0 Å². The summed E-state index contributed by atoms with van der Waals surface area (Å²) in [6.45, 7) is 0.0719. The quantitative estimate of drug-likeness (QED) is 0.885. The van der Waals surface area contributed by atoms with Crippen LogP contribution in [0.3, 0.4) is 0 Å². The van der Waals surface area contributed by atoms with Gasteiger partial charge < -0.3 is 5.73 Å². The molecule has 7 heteroatoms. The maximum Gasteiger partial charge on any atom is 0.242 e. The van der Waals surface area contributed by atoms with E-state index >= 15 is 0 Å². The summed E-state index contributed by atoms with van der Waals surface area (Å²) in [4.78, 5) is 0.748. The van der Waals surface area contributed by atoms with Crippen LogP contribution in [-0.4, -0.2) is 8.42 Å². The number of thiophene rings is 1. The standard InChI is InChI=1S/C12H13FN2O2S2/c13-10-4-2-1-3-9(10)8-15-19(16,17)12-5-6-18-11(12)7-14/h1-6,15H,7-8,14H2. The molecule has 2 rings (SSSR count). The van der Waals surface area contributed by atoms with Crippen LogP contribution in [-0.2, 0) is 23.1 Å². The minimum Gasteiger partial charge on any atom is -0.326 e. The third-order valence-electron chi connectivity index (χ3n) is 2.59. The maximum absolute atomic E-state index is 13.4. The third kappa shape index (κ3) is 3.19. The summed E-state index contributed by atoms with van der Waals surface area (Å²) in [7, 11) is -3.66. The Kier molecular flexibility index (Phi) is 4.31. The molecule has 0 saturated carbocycles. The molecule has 1 heterocycles. The van der Waals surface area contributed by atoms with Crippen molar-refractivity contribution in [2.45, 2.75) is 18.0 Å². The van der Waals surface area contributed by atoms with Crippen LogP contribution in [0.4, 0.5) is 4.39 Å². The molecule has 0 aliphatic carbocycles. The normalized spacial score (nSPS) is 11.7. The summed E-state index contributed by atoms with van der Waals surface area (Å²) >= 11 is 1.28. The lowest BCUT2D eigenvalue weighted by atomic mass is 10.2. The second-order valence-electron chi connectivity index (χ2n) is 3.83. The Hall–Kier alpha value is -1.28. The molecule has 0 unspecified atom stereocenters. The van der Waals surface area contributed by atoms with Gasteiger partial charge in [0.25, 0.3) is 0 Å². The van der Waals surface area contributed by atoms with Crippen molar-refractivity contribution in [1.82, 2.24) is 4.72 Å². The zero-order valence-electron chi connectivity index (χ0n) is 9.97.